The predicted molar refractivity (Wildman–Crippen MR) is 84.7 cm³/mol. The van der Waals surface area contributed by atoms with E-state index < -0.39 is 22.0 Å². The molecule has 0 radical (unpaired) electrons. The molecule has 23 heavy (non-hydrogen) atoms. The molecule has 1 N–H and O–H groups in total. The average molecular weight is 358 g/mol. The number of aliphatic hydroxyl groups excluding tert-OH is 1. The lowest BCUT2D eigenvalue weighted by molar-refractivity contribution is 0.0891. The minimum atomic E-state index is -3.19. The number of hydrogen-bond acceptors (Lipinski definition) is 7. The number of likely N-dealkylation sites (N-methyl/N-ethyl adjacent to an activating group) is 1. The fraction of sp³-hybridized carbons (Fsp3) is 0.429. The van der Waals surface area contributed by atoms with Gasteiger partial charge in [0.15, 0.2) is 9.84 Å². The van der Waals surface area contributed by atoms with Gasteiger partial charge in [0.05, 0.1) is 30.2 Å². The summed E-state index contributed by atoms with van der Waals surface area (Å²) in [5.41, 5.74) is 0.774. The average Bonchev–Trinajstić information content (AvgIpc) is 3.03. The zero-order chi connectivity index (χ0) is 16.6. The summed E-state index contributed by atoms with van der Waals surface area (Å²) in [6, 6.07) is 6.57. The number of rotatable bonds is 4. The highest BCUT2D eigenvalue weighted by Gasteiger charge is 2.39. The molecule has 1 aromatic heterocycles. The fourth-order valence-electron chi connectivity index (χ4n) is 2.60. The topological polar surface area (TPSA) is 96.5 Å². The largest absolute Gasteiger partial charge is 0.390 e. The molecular formula is C14H16ClN3O4S. The highest BCUT2D eigenvalue weighted by atomic mass is 35.5. The molecule has 1 aliphatic rings. The van der Waals surface area contributed by atoms with Crippen molar-refractivity contribution in [2.24, 2.45) is 0 Å². The van der Waals surface area contributed by atoms with Gasteiger partial charge in [-0.15, -0.1) is 0 Å². The van der Waals surface area contributed by atoms with Crippen LogP contribution in [0.2, 0.25) is 5.02 Å². The van der Waals surface area contributed by atoms with Crippen molar-refractivity contribution >= 4 is 21.4 Å². The molecule has 1 aromatic carbocycles. The van der Waals surface area contributed by atoms with E-state index in [0.29, 0.717) is 16.7 Å². The first-order valence-corrected chi connectivity index (χ1v) is 9.21. The zero-order valence-electron chi connectivity index (χ0n) is 12.4. The van der Waals surface area contributed by atoms with Crippen LogP contribution in [0.1, 0.15) is 5.89 Å². The standard InChI is InChI=1S/C14H16ClN3O4S/c1-18(11-7-23(20,21)8-12(11)19)6-13-16-14(17-22-13)9-2-4-10(15)5-3-9/h2-5,11-12,19H,6-8H2,1H3/t11-,12-/m1/s1. The molecule has 1 saturated heterocycles. The van der Waals surface area contributed by atoms with Crippen LogP contribution >= 0.6 is 11.6 Å². The van der Waals surface area contributed by atoms with Gasteiger partial charge in [-0.05, 0) is 31.3 Å². The van der Waals surface area contributed by atoms with E-state index in [0.717, 1.165) is 5.56 Å². The summed E-state index contributed by atoms with van der Waals surface area (Å²) in [5, 5.41) is 14.4. The van der Waals surface area contributed by atoms with Gasteiger partial charge in [0.2, 0.25) is 11.7 Å². The summed E-state index contributed by atoms with van der Waals surface area (Å²) < 4.78 is 28.4. The molecule has 7 nitrogen and oxygen atoms in total. The van der Waals surface area contributed by atoms with E-state index in [1.165, 1.54) is 0 Å². The lowest BCUT2D eigenvalue weighted by Gasteiger charge is -2.23. The molecule has 0 bridgehead atoms. The van der Waals surface area contributed by atoms with Crippen LogP contribution < -0.4 is 0 Å². The molecule has 0 aliphatic carbocycles. The van der Waals surface area contributed by atoms with Gasteiger partial charge >= 0.3 is 0 Å². The van der Waals surface area contributed by atoms with Crippen LogP contribution in [0.4, 0.5) is 0 Å². The van der Waals surface area contributed by atoms with E-state index in [9.17, 15) is 13.5 Å². The van der Waals surface area contributed by atoms with E-state index in [2.05, 4.69) is 10.1 Å². The summed E-state index contributed by atoms with van der Waals surface area (Å²) in [7, 11) is -1.47. The van der Waals surface area contributed by atoms with E-state index in [1.54, 1.807) is 36.2 Å². The molecule has 0 spiro atoms. The highest BCUT2D eigenvalue weighted by Crippen LogP contribution is 2.21. The maximum absolute atomic E-state index is 11.6. The molecule has 3 rings (SSSR count). The molecule has 1 aliphatic heterocycles. The first-order chi connectivity index (χ1) is 10.8. The molecule has 0 saturated carbocycles. The van der Waals surface area contributed by atoms with Crippen molar-refractivity contribution in [1.29, 1.82) is 0 Å². The Hall–Kier alpha value is -1.48. The Labute approximate surface area is 138 Å². The predicted octanol–water partition coefficient (Wildman–Crippen LogP) is 0.980. The smallest absolute Gasteiger partial charge is 0.241 e. The Morgan fingerprint density at radius 1 is 1.35 bits per heavy atom. The van der Waals surface area contributed by atoms with Gasteiger partial charge in [-0.25, -0.2) is 8.42 Å². The van der Waals surface area contributed by atoms with E-state index >= 15 is 0 Å². The Balaban J connectivity index is 1.70. The number of benzene rings is 1. The van der Waals surface area contributed by atoms with E-state index in [4.69, 9.17) is 16.1 Å². The number of nitrogens with zero attached hydrogens (tertiary/aromatic N) is 3. The monoisotopic (exact) mass is 357 g/mol. The Morgan fingerprint density at radius 2 is 2.04 bits per heavy atom. The van der Waals surface area contributed by atoms with Crippen molar-refractivity contribution in [2.75, 3.05) is 18.6 Å². The highest BCUT2D eigenvalue weighted by molar-refractivity contribution is 7.91. The molecule has 0 amide bonds. The second kappa shape index (κ2) is 6.20. The van der Waals surface area contributed by atoms with Crippen molar-refractivity contribution < 1.29 is 18.0 Å². The van der Waals surface area contributed by atoms with Crippen LogP contribution in [-0.2, 0) is 16.4 Å². The molecule has 0 unspecified atom stereocenters. The molecule has 124 valence electrons. The maximum Gasteiger partial charge on any atom is 0.241 e. The SMILES string of the molecule is CN(Cc1nc(-c2ccc(Cl)cc2)no1)[C@@H]1CS(=O)(=O)C[C@H]1O. The summed E-state index contributed by atoms with van der Waals surface area (Å²) >= 11 is 5.84. The quantitative estimate of drug-likeness (QED) is 0.871. The van der Waals surface area contributed by atoms with Crippen LogP contribution in [0.5, 0.6) is 0 Å². The molecule has 1 fully saturated rings. The van der Waals surface area contributed by atoms with Crippen LogP contribution in [0, 0.1) is 0 Å². The summed E-state index contributed by atoms with van der Waals surface area (Å²) in [4.78, 5) is 6.01. The van der Waals surface area contributed by atoms with Gasteiger partial charge in [0, 0.05) is 10.6 Å². The van der Waals surface area contributed by atoms with Gasteiger partial charge in [-0.3, -0.25) is 4.90 Å². The first kappa shape index (κ1) is 16.4. The van der Waals surface area contributed by atoms with Gasteiger partial charge in [-0.1, -0.05) is 16.8 Å². The third-order valence-electron chi connectivity index (χ3n) is 3.81. The minimum absolute atomic E-state index is 0.0666. The molecule has 2 heterocycles. The number of hydrogen-bond donors (Lipinski definition) is 1. The number of halogens is 1. The third-order valence-corrected chi connectivity index (χ3v) is 5.77. The zero-order valence-corrected chi connectivity index (χ0v) is 14.0. The fourth-order valence-corrected chi connectivity index (χ4v) is 4.60. The summed E-state index contributed by atoms with van der Waals surface area (Å²) in [6.45, 7) is 0.262. The van der Waals surface area contributed by atoms with Gasteiger partial charge in [-0.2, -0.15) is 4.98 Å². The lowest BCUT2D eigenvalue weighted by atomic mass is 10.2. The van der Waals surface area contributed by atoms with E-state index in [1.807, 2.05) is 0 Å². The normalized spacial score (nSPS) is 23.5. The van der Waals surface area contributed by atoms with Crippen LogP contribution in [0.3, 0.4) is 0 Å². The maximum atomic E-state index is 11.6. The first-order valence-electron chi connectivity index (χ1n) is 7.01. The molecule has 2 aromatic rings. The molecule has 9 heteroatoms. The molecular weight excluding hydrogens is 342 g/mol. The second-order valence-electron chi connectivity index (χ2n) is 5.65. The van der Waals surface area contributed by atoms with Crippen LogP contribution in [0.15, 0.2) is 28.8 Å². The number of sulfone groups is 1. The van der Waals surface area contributed by atoms with Crippen LogP contribution in [-0.4, -0.2) is 59.3 Å². The Bertz CT molecular complexity index is 791. The minimum Gasteiger partial charge on any atom is -0.390 e. The van der Waals surface area contributed by atoms with Crippen molar-refractivity contribution in [3.8, 4) is 11.4 Å². The Kier molecular flexibility index (Phi) is 4.41. The van der Waals surface area contributed by atoms with Crippen molar-refractivity contribution in [3.63, 3.8) is 0 Å². The third kappa shape index (κ3) is 3.72. The van der Waals surface area contributed by atoms with Crippen LogP contribution in [0.25, 0.3) is 11.4 Å². The van der Waals surface area contributed by atoms with Gasteiger partial charge in [0.25, 0.3) is 0 Å². The lowest BCUT2D eigenvalue weighted by Crippen LogP contribution is -2.40. The number of aromatic nitrogens is 2. The van der Waals surface area contributed by atoms with Crippen molar-refractivity contribution in [2.45, 2.75) is 18.7 Å². The van der Waals surface area contributed by atoms with Crippen molar-refractivity contribution in [3.05, 3.63) is 35.2 Å². The summed E-state index contributed by atoms with van der Waals surface area (Å²) in [5.74, 6) is 0.517. The second-order valence-corrected chi connectivity index (χ2v) is 8.24. The van der Waals surface area contributed by atoms with Gasteiger partial charge < -0.3 is 9.63 Å². The van der Waals surface area contributed by atoms with Crippen molar-refractivity contribution in [1.82, 2.24) is 15.0 Å². The molecule has 2 atom stereocenters. The number of aliphatic hydroxyl groups is 1. The Morgan fingerprint density at radius 3 is 2.65 bits per heavy atom. The van der Waals surface area contributed by atoms with E-state index in [-0.39, 0.29) is 18.1 Å². The van der Waals surface area contributed by atoms with Gasteiger partial charge in [0.1, 0.15) is 0 Å². The summed E-state index contributed by atoms with van der Waals surface area (Å²) in [6.07, 6.45) is -0.899.